The van der Waals surface area contributed by atoms with Crippen molar-refractivity contribution in [1.29, 1.82) is 0 Å². The smallest absolute Gasteiger partial charge is 0.409 e. The van der Waals surface area contributed by atoms with Gasteiger partial charge in [0.05, 0.1) is 6.61 Å². The van der Waals surface area contributed by atoms with Crippen LogP contribution in [0.2, 0.25) is 0 Å². The Labute approximate surface area is 288 Å². The van der Waals surface area contributed by atoms with Gasteiger partial charge in [-0.15, -0.1) is 0 Å². The summed E-state index contributed by atoms with van der Waals surface area (Å²) in [5.74, 6) is 0. The van der Waals surface area contributed by atoms with Gasteiger partial charge in [-0.25, -0.2) is 4.79 Å². The van der Waals surface area contributed by atoms with Gasteiger partial charge >= 0.3 is 6.09 Å². The highest BCUT2D eigenvalue weighted by Gasteiger charge is 2.14. The van der Waals surface area contributed by atoms with Crippen molar-refractivity contribution >= 4 is 6.09 Å². The zero-order chi connectivity index (χ0) is 33.6. The molecule has 0 atom stereocenters. The molecule has 268 valence electrons. The van der Waals surface area contributed by atoms with Gasteiger partial charge in [0.15, 0.2) is 0 Å². The van der Waals surface area contributed by atoms with Crippen molar-refractivity contribution in [3.05, 3.63) is 48.6 Å². The number of hydrogen-bond donors (Lipinski definition) is 0. The molecule has 0 rings (SSSR count). The maximum atomic E-state index is 12.8. The number of rotatable bonds is 34. The van der Waals surface area contributed by atoms with Gasteiger partial charge in [-0.05, 0) is 97.6 Å². The molecule has 4 nitrogen and oxygen atoms in total. The maximum absolute atomic E-state index is 12.8. The molecule has 0 aromatic heterocycles. The number of carbonyl (C=O) groups excluding carboxylic acids is 1. The first kappa shape index (κ1) is 44.2. The number of unbranched alkanes of at least 4 members (excludes halogenated alkanes) is 18. The first-order valence-electron chi connectivity index (χ1n) is 19.8. The van der Waals surface area contributed by atoms with Crippen LogP contribution in [0.1, 0.15) is 174 Å². The first-order valence-corrected chi connectivity index (χ1v) is 19.8. The van der Waals surface area contributed by atoms with Crippen LogP contribution >= 0.6 is 0 Å². The molecule has 0 N–H and O–H groups in total. The molecule has 0 bridgehead atoms. The number of nitrogens with zero attached hydrogens (tertiary/aromatic N) is 2. The van der Waals surface area contributed by atoms with E-state index in [4.69, 9.17) is 4.74 Å². The van der Waals surface area contributed by atoms with E-state index in [-0.39, 0.29) is 6.09 Å². The lowest BCUT2D eigenvalue weighted by atomic mass is 10.1. The predicted octanol–water partition coefficient (Wildman–Crippen LogP) is 13.0. The minimum absolute atomic E-state index is 0.107. The van der Waals surface area contributed by atoms with Crippen molar-refractivity contribution < 1.29 is 9.53 Å². The summed E-state index contributed by atoms with van der Waals surface area (Å²) >= 11 is 0. The molecule has 46 heavy (non-hydrogen) atoms. The number of amides is 1. The molecular weight excluding hydrogens is 564 g/mol. The Morgan fingerprint density at radius 3 is 1.22 bits per heavy atom. The molecule has 0 aromatic rings. The number of hydrogen-bond acceptors (Lipinski definition) is 3. The van der Waals surface area contributed by atoms with Gasteiger partial charge < -0.3 is 14.5 Å². The van der Waals surface area contributed by atoms with Crippen molar-refractivity contribution in [2.45, 2.75) is 174 Å². The quantitative estimate of drug-likeness (QED) is 0.0517. The molecule has 0 saturated heterocycles. The summed E-state index contributed by atoms with van der Waals surface area (Å²) in [5.41, 5.74) is 0. The van der Waals surface area contributed by atoms with Gasteiger partial charge in [0.1, 0.15) is 0 Å². The second-order valence-corrected chi connectivity index (χ2v) is 13.4. The van der Waals surface area contributed by atoms with Crippen molar-refractivity contribution in [2.75, 3.05) is 40.3 Å². The number of allylic oxidation sites excluding steroid dienone is 8. The van der Waals surface area contributed by atoms with E-state index in [1.165, 1.54) is 128 Å². The largest absolute Gasteiger partial charge is 0.449 e. The lowest BCUT2D eigenvalue weighted by Gasteiger charge is -2.22. The molecule has 1 amide bonds. The van der Waals surface area contributed by atoms with Gasteiger partial charge in [0.2, 0.25) is 0 Å². The van der Waals surface area contributed by atoms with E-state index in [1.807, 2.05) is 4.90 Å². The van der Waals surface area contributed by atoms with Crippen LogP contribution in [-0.2, 0) is 4.74 Å². The summed E-state index contributed by atoms with van der Waals surface area (Å²) in [6, 6.07) is 0. The standard InChI is InChI=1S/C42H78N2O2/c1-5-7-9-11-13-15-17-19-21-23-25-27-29-31-33-35-39-44(42(45)46-41-37-38-43(3)4)40-36-34-32-30-28-26-24-22-20-18-16-14-12-10-8-6-2/h13-16,19-22H,5-12,17-18,23-41H2,1-4H3. The average molecular weight is 643 g/mol. The highest BCUT2D eigenvalue weighted by molar-refractivity contribution is 5.67. The number of carbonyl (C=O) groups is 1. The van der Waals surface area contributed by atoms with E-state index >= 15 is 0 Å². The fraction of sp³-hybridized carbons (Fsp3) is 0.786. The summed E-state index contributed by atoms with van der Waals surface area (Å²) in [6.07, 6.45) is 49.3. The third kappa shape index (κ3) is 35.1. The molecule has 0 heterocycles. The summed E-state index contributed by atoms with van der Waals surface area (Å²) in [5, 5.41) is 0. The Morgan fingerprint density at radius 2 is 0.826 bits per heavy atom. The zero-order valence-corrected chi connectivity index (χ0v) is 31.3. The van der Waals surface area contributed by atoms with Gasteiger partial charge in [-0.3, -0.25) is 0 Å². The van der Waals surface area contributed by atoms with E-state index < -0.39 is 0 Å². The van der Waals surface area contributed by atoms with E-state index in [9.17, 15) is 4.79 Å². The molecule has 0 fully saturated rings. The lowest BCUT2D eigenvalue weighted by Crippen LogP contribution is -2.34. The Morgan fingerprint density at radius 1 is 0.457 bits per heavy atom. The second-order valence-electron chi connectivity index (χ2n) is 13.4. The first-order chi connectivity index (χ1) is 22.6. The highest BCUT2D eigenvalue weighted by atomic mass is 16.6. The molecule has 0 aromatic carbocycles. The zero-order valence-electron chi connectivity index (χ0n) is 31.3. The minimum atomic E-state index is -0.107. The Kier molecular flexibility index (Phi) is 36.2. The van der Waals surface area contributed by atoms with E-state index in [0.717, 1.165) is 51.7 Å². The van der Waals surface area contributed by atoms with E-state index in [1.54, 1.807) is 0 Å². The van der Waals surface area contributed by atoms with Crippen LogP contribution in [0.4, 0.5) is 4.79 Å². The van der Waals surface area contributed by atoms with Crippen molar-refractivity contribution in [1.82, 2.24) is 9.80 Å². The average Bonchev–Trinajstić information content (AvgIpc) is 3.05. The van der Waals surface area contributed by atoms with Crippen LogP contribution < -0.4 is 0 Å². The van der Waals surface area contributed by atoms with Crippen molar-refractivity contribution in [3.8, 4) is 0 Å². The summed E-state index contributed by atoms with van der Waals surface area (Å²) < 4.78 is 5.65. The Hall–Kier alpha value is -1.81. The maximum Gasteiger partial charge on any atom is 0.409 e. The molecule has 0 aliphatic rings. The molecule has 4 heteroatoms. The fourth-order valence-corrected chi connectivity index (χ4v) is 5.51. The third-order valence-electron chi connectivity index (χ3n) is 8.49. The van der Waals surface area contributed by atoms with Gasteiger partial charge in [-0.2, -0.15) is 0 Å². The SMILES string of the molecule is CCCCCC=CCC=CCCCCCCCCN(CCCCCCCCC=CCC=CCCCCC)C(=O)OCCCN(C)C. The van der Waals surface area contributed by atoms with E-state index in [2.05, 4.69) is 81.5 Å². The Bertz CT molecular complexity index is 692. The highest BCUT2D eigenvalue weighted by Crippen LogP contribution is 2.12. The van der Waals surface area contributed by atoms with Crippen LogP contribution in [0, 0.1) is 0 Å². The molecule has 0 aliphatic heterocycles. The second kappa shape index (κ2) is 37.6. The molecule has 0 saturated carbocycles. The molecular formula is C42H78N2O2. The fourth-order valence-electron chi connectivity index (χ4n) is 5.51. The molecule has 0 radical (unpaired) electrons. The minimum Gasteiger partial charge on any atom is -0.449 e. The molecule has 0 unspecified atom stereocenters. The Balaban J connectivity index is 4.03. The van der Waals surface area contributed by atoms with Crippen LogP contribution in [0.25, 0.3) is 0 Å². The van der Waals surface area contributed by atoms with Gasteiger partial charge in [-0.1, -0.05) is 140 Å². The van der Waals surface area contributed by atoms with Crippen LogP contribution in [0.5, 0.6) is 0 Å². The molecule has 0 aliphatic carbocycles. The third-order valence-corrected chi connectivity index (χ3v) is 8.49. The monoisotopic (exact) mass is 643 g/mol. The van der Waals surface area contributed by atoms with Crippen LogP contribution in [-0.4, -0.2) is 56.2 Å². The van der Waals surface area contributed by atoms with Gasteiger partial charge in [0.25, 0.3) is 0 Å². The summed E-state index contributed by atoms with van der Waals surface area (Å²) in [7, 11) is 4.12. The normalized spacial score (nSPS) is 12.2. The van der Waals surface area contributed by atoms with Gasteiger partial charge in [0, 0.05) is 19.6 Å². The van der Waals surface area contributed by atoms with Crippen molar-refractivity contribution in [2.24, 2.45) is 0 Å². The number of ether oxygens (including phenoxy) is 1. The van der Waals surface area contributed by atoms with E-state index in [0.29, 0.717) is 6.61 Å². The topological polar surface area (TPSA) is 32.8 Å². The predicted molar refractivity (Wildman–Crippen MR) is 205 cm³/mol. The summed E-state index contributed by atoms with van der Waals surface area (Å²) in [4.78, 5) is 17.0. The summed E-state index contributed by atoms with van der Waals surface area (Å²) in [6.45, 7) is 7.65. The van der Waals surface area contributed by atoms with Crippen molar-refractivity contribution in [3.63, 3.8) is 0 Å². The van der Waals surface area contributed by atoms with Crippen LogP contribution in [0.15, 0.2) is 48.6 Å². The molecule has 0 spiro atoms. The van der Waals surface area contributed by atoms with Crippen LogP contribution in [0.3, 0.4) is 0 Å². The lowest BCUT2D eigenvalue weighted by molar-refractivity contribution is 0.0976.